The summed E-state index contributed by atoms with van der Waals surface area (Å²) in [7, 11) is -4.18. The molecule has 0 aliphatic carbocycles. The van der Waals surface area contributed by atoms with E-state index >= 15 is 0 Å². The van der Waals surface area contributed by atoms with Crippen LogP contribution in [-0.2, 0) is 16.8 Å². The number of nitrogens with one attached hydrogen (secondary N) is 1. The number of nitrogens with zero attached hydrogens (tertiary/aromatic N) is 2. The highest BCUT2D eigenvalue weighted by Gasteiger charge is 2.16. The molecule has 1 aromatic carbocycles. The first kappa shape index (κ1) is 12.9. The Morgan fingerprint density at radius 1 is 1.39 bits per heavy atom. The zero-order chi connectivity index (χ0) is 13.2. The molecular weight excluding hydrogens is 254 g/mol. The lowest BCUT2D eigenvalue weighted by atomic mass is 10.2. The van der Waals surface area contributed by atoms with Crippen molar-refractivity contribution in [3.63, 3.8) is 0 Å². The van der Waals surface area contributed by atoms with Crippen molar-refractivity contribution < 1.29 is 17.7 Å². The van der Waals surface area contributed by atoms with E-state index in [1.807, 2.05) is 30.3 Å². The molecule has 0 aliphatic rings. The first-order valence-electron chi connectivity index (χ1n) is 5.44. The summed E-state index contributed by atoms with van der Waals surface area (Å²) in [6, 6.07) is 9.11. The molecule has 1 heterocycles. The fourth-order valence-corrected chi connectivity index (χ4v) is 2.31. The van der Waals surface area contributed by atoms with Crippen LogP contribution in [0.1, 0.15) is 6.92 Å². The van der Waals surface area contributed by atoms with Gasteiger partial charge in [0, 0.05) is 16.6 Å². The number of rotatable bonds is 4. The summed E-state index contributed by atoms with van der Waals surface area (Å²) in [5.41, 5.74) is 0.832. The summed E-state index contributed by atoms with van der Waals surface area (Å²) in [6.45, 7) is 1.99. The van der Waals surface area contributed by atoms with Gasteiger partial charge in [-0.3, -0.25) is 4.55 Å². The third kappa shape index (κ3) is 3.46. The van der Waals surface area contributed by atoms with Gasteiger partial charge in [-0.05, 0) is 13.0 Å². The Bertz CT molecular complexity index is 657. The Morgan fingerprint density at radius 2 is 2.11 bits per heavy atom. The molecule has 0 bridgehead atoms. The molecule has 2 rings (SSSR count). The molecule has 0 spiro atoms. The predicted molar refractivity (Wildman–Crippen MR) is 66.1 cm³/mol. The van der Waals surface area contributed by atoms with Gasteiger partial charge in [0.15, 0.2) is 12.7 Å². The van der Waals surface area contributed by atoms with E-state index < -0.39 is 16.3 Å². The minimum Gasteiger partial charge on any atom is -0.273 e. The van der Waals surface area contributed by atoms with Crippen molar-refractivity contribution in [1.29, 1.82) is 0 Å². The van der Waals surface area contributed by atoms with E-state index in [1.165, 1.54) is 0 Å². The molecule has 0 amide bonds. The van der Waals surface area contributed by atoms with Crippen molar-refractivity contribution in [3.8, 4) is 0 Å². The fourth-order valence-electron chi connectivity index (χ4n) is 1.73. The first-order chi connectivity index (χ1) is 8.44. The van der Waals surface area contributed by atoms with Crippen molar-refractivity contribution in [1.82, 2.24) is 9.82 Å². The molecule has 1 atom stereocenters. The van der Waals surface area contributed by atoms with Gasteiger partial charge in [-0.15, -0.1) is 0 Å². The average molecular weight is 268 g/mol. The summed E-state index contributed by atoms with van der Waals surface area (Å²) in [5.74, 6) is 0. The van der Waals surface area contributed by atoms with Crippen molar-refractivity contribution >= 4 is 21.2 Å². The quantitative estimate of drug-likeness (QED) is 0.617. The van der Waals surface area contributed by atoms with E-state index in [0.29, 0.717) is 6.54 Å². The molecule has 6 nitrogen and oxygen atoms in total. The van der Waals surface area contributed by atoms with E-state index in [4.69, 9.17) is 4.55 Å². The summed E-state index contributed by atoms with van der Waals surface area (Å²) in [5, 5.41) is 5.36. The molecule has 0 radical (unpaired) electrons. The summed E-state index contributed by atoms with van der Waals surface area (Å²) in [6.07, 6.45) is 1.77. The maximum atomic E-state index is 10.7. The lowest BCUT2D eigenvalue weighted by Gasteiger charge is -2.06. The van der Waals surface area contributed by atoms with Gasteiger partial charge >= 0.3 is 10.3 Å². The molecule has 0 saturated carbocycles. The first-order valence-corrected chi connectivity index (χ1v) is 6.88. The molecule has 18 heavy (non-hydrogen) atoms. The maximum absolute atomic E-state index is 10.7. The van der Waals surface area contributed by atoms with Crippen molar-refractivity contribution in [2.75, 3.05) is 0 Å². The van der Waals surface area contributed by atoms with Crippen molar-refractivity contribution in [3.05, 3.63) is 36.5 Å². The summed E-state index contributed by atoms with van der Waals surface area (Å²) in [4.78, 5) is 0. The molecule has 0 aliphatic heterocycles. The van der Waals surface area contributed by atoms with Crippen LogP contribution in [0.5, 0.6) is 0 Å². The molecule has 2 aromatic rings. The van der Waals surface area contributed by atoms with Gasteiger partial charge in [0.1, 0.15) is 5.52 Å². The molecular formula is C11H14N3O3S+. The minimum atomic E-state index is -4.18. The van der Waals surface area contributed by atoms with Gasteiger partial charge < -0.3 is 0 Å². The van der Waals surface area contributed by atoms with Crippen LogP contribution in [0.25, 0.3) is 10.9 Å². The van der Waals surface area contributed by atoms with Crippen LogP contribution in [-0.4, -0.2) is 24.1 Å². The standard InChI is InChI=1S/C11H13N3O3S/c1-9(13-18(15,16)17)8-14-7-6-10-4-2-3-5-11(10)12-14/h2-7,9,13H,8H2,1H3/p+1/t9-/m0/s1. The monoisotopic (exact) mass is 268 g/mol. The maximum Gasteiger partial charge on any atom is 0.333 e. The van der Waals surface area contributed by atoms with E-state index in [9.17, 15) is 8.42 Å². The Morgan fingerprint density at radius 3 is 2.83 bits per heavy atom. The highest BCUT2D eigenvalue weighted by atomic mass is 32.2. The highest BCUT2D eigenvalue weighted by Crippen LogP contribution is 2.06. The largest absolute Gasteiger partial charge is 0.333 e. The van der Waals surface area contributed by atoms with E-state index in [2.05, 4.69) is 9.82 Å². The van der Waals surface area contributed by atoms with Gasteiger partial charge in [0.25, 0.3) is 0 Å². The lowest BCUT2D eigenvalue weighted by molar-refractivity contribution is -0.753. The van der Waals surface area contributed by atoms with Gasteiger partial charge in [-0.1, -0.05) is 22.9 Å². The summed E-state index contributed by atoms with van der Waals surface area (Å²) < 4.78 is 33.7. The second-order valence-corrected chi connectivity index (χ2v) is 5.28. The second kappa shape index (κ2) is 4.97. The molecule has 96 valence electrons. The Balaban J connectivity index is 2.17. The average Bonchev–Trinajstić information content (AvgIpc) is 2.26. The predicted octanol–water partition coefficient (Wildman–Crippen LogP) is 0.303. The van der Waals surface area contributed by atoms with Crippen LogP contribution in [0, 0.1) is 0 Å². The molecule has 1 aromatic heterocycles. The molecule has 0 saturated heterocycles. The molecule has 7 heteroatoms. The third-order valence-corrected chi connectivity index (χ3v) is 3.11. The Hall–Kier alpha value is -1.57. The number of fused-ring (bicyclic) bond motifs is 1. The fraction of sp³-hybridized carbons (Fsp3) is 0.273. The second-order valence-electron chi connectivity index (χ2n) is 4.09. The van der Waals surface area contributed by atoms with E-state index in [0.717, 1.165) is 10.9 Å². The van der Waals surface area contributed by atoms with Crippen LogP contribution in [0.15, 0.2) is 36.5 Å². The number of aromatic nitrogens is 2. The molecule has 2 N–H and O–H groups in total. The number of hydrogen-bond acceptors (Lipinski definition) is 3. The lowest BCUT2D eigenvalue weighted by Crippen LogP contribution is -2.48. The van der Waals surface area contributed by atoms with E-state index in [1.54, 1.807) is 17.8 Å². The number of benzene rings is 1. The van der Waals surface area contributed by atoms with Crippen LogP contribution in [0.2, 0.25) is 0 Å². The topological polar surface area (TPSA) is 83.2 Å². The zero-order valence-corrected chi connectivity index (χ0v) is 10.6. The smallest absolute Gasteiger partial charge is 0.273 e. The van der Waals surface area contributed by atoms with Crippen LogP contribution in [0.4, 0.5) is 0 Å². The van der Waals surface area contributed by atoms with Crippen LogP contribution >= 0.6 is 0 Å². The minimum absolute atomic E-state index is 0.338. The molecule has 0 fully saturated rings. The summed E-state index contributed by atoms with van der Waals surface area (Å²) >= 11 is 0. The van der Waals surface area contributed by atoms with Crippen molar-refractivity contribution in [2.45, 2.75) is 19.5 Å². The van der Waals surface area contributed by atoms with Gasteiger partial charge in [-0.2, -0.15) is 13.1 Å². The van der Waals surface area contributed by atoms with Crippen LogP contribution < -0.4 is 9.40 Å². The Labute approximate surface area is 105 Å². The van der Waals surface area contributed by atoms with Crippen LogP contribution in [0.3, 0.4) is 0 Å². The molecule has 0 unspecified atom stereocenters. The van der Waals surface area contributed by atoms with Gasteiger partial charge in [0.05, 0.1) is 6.04 Å². The highest BCUT2D eigenvalue weighted by molar-refractivity contribution is 7.83. The van der Waals surface area contributed by atoms with Gasteiger partial charge in [0.2, 0.25) is 0 Å². The van der Waals surface area contributed by atoms with Crippen molar-refractivity contribution in [2.24, 2.45) is 0 Å². The third-order valence-electron chi connectivity index (χ3n) is 2.41. The van der Waals surface area contributed by atoms with Gasteiger partial charge in [-0.25, -0.2) is 0 Å². The normalized spacial score (nSPS) is 13.7. The Kier molecular flexibility index (Phi) is 3.55. The zero-order valence-electron chi connectivity index (χ0n) is 9.81. The van der Waals surface area contributed by atoms with E-state index in [-0.39, 0.29) is 0 Å². The SMILES string of the molecule is C[C@@H](C[n+]1ccc2ccccc2n1)NS(=O)(=O)O. The number of hydrogen-bond donors (Lipinski definition) is 2.